The molecular formula is C14H21N3. The zero-order chi connectivity index (χ0) is 11.7. The SMILES string of the molecule is NCC1CCCN(c2ccc3c(n2)CCC3)C1. The highest BCUT2D eigenvalue weighted by atomic mass is 15.2. The summed E-state index contributed by atoms with van der Waals surface area (Å²) < 4.78 is 0. The Morgan fingerprint density at radius 2 is 2.24 bits per heavy atom. The Balaban J connectivity index is 1.79. The van der Waals surface area contributed by atoms with Gasteiger partial charge in [-0.05, 0) is 56.2 Å². The molecule has 1 saturated heterocycles. The van der Waals surface area contributed by atoms with E-state index in [4.69, 9.17) is 10.7 Å². The van der Waals surface area contributed by atoms with Crippen LogP contribution in [-0.2, 0) is 12.8 Å². The second kappa shape index (κ2) is 4.65. The van der Waals surface area contributed by atoms with Gasteiger partial charge in [0.2, 0.25) is 0 Å². The number of anilines is 1. The number of aryl methyl sites for hydroxylation is 2. The van der Waals surface area contributed by atoms with Gasteiger partial charge in [0.15, 0.2) is 0 Å². The third kappa shape index (κ3) is 2.16. The molecule has 2 N–H and O–H groups in total. The van der Waals surface area contributed by atoms with Crippen molar-refractivity contribution in [3.05, 3.63) is 23.4 Å². The van der Waals surface area contributed by atoms with Crippen molar-refractivity contribution in [2.45, 2.75) is 32.1 Å². The molecule has 1 unspecified atom stereocenters. The molecule has 0 radical (unpaired) electrons. The van der Waals surface area contributed by atoms with E-state index in [2.05, 4.69) is 17.0 Å². The number of hydrogen-bond acceptors (Lipinski definition) is 3. The maximum Gasteiger partial charge on any atom is 0.128 e. The monoisotopic (exact) mass is 231 g/mol. The van der Waals surface area contributed by atoms with Gasteiger partial charge in [-0.1, -0.05) is 6.07 Å². The summed E-state index contributed by atoms with van der Waals surface area (Å²) >= 11 is 0. The molecule has 0 bridgehead atoms. The normalized spacial score (nSPS) is 23.8. The van der Waals surface area contributed by atoms with E-state index in [0.717, 1.165) is 26.1 Å². The van der Waals surface area contributed by atoms with Gasteiger partial charge in [0.25, 0.3) is 0 Å². The first-order chi connectivity index (χ1) is 8.36. The Bertz CT molecular complexity index is 402. The number of nitrogens with zero attached hydrogens (tertiary/aromatic N) is 2. The molecule has 2 heterocycles. The predicted molar refractivity (Wildman–Crippen MR) is 70.3 cm³/mol. The lowest BCUT2D eigenvalue weighted by atomic mass is 9.98. The molecule has 2 aliphatic rings. The van der Waals surface area contributed by atoms with Gasteiger partial charge in [0.1, 0.15) is 5.82 Å². The average Bonchev–Trinajstić information content (AvgIpc) is 2.86. The molecule has 3 rings (SSSR count). The van der Waals surface area contributed by atoms with Crippen molar-refractivity contribution in [1.29, 1.82) is 0 Å². The molecule has 3 nitrogen and oxygen atoms in total. The number of aromatic nitrogens is 1. The molecule has 0 saturated carbocycles. The second-order valence-electron chi connectivity index (χ2n) is 5.32. The molecule has 0 aromatic carbocycles. The van der Waals surface area contributed by atoms with Gasteiger partial charge in [-0.2, -0.15) is 0 Å². The summed E-state index contributed by atoms with van der Waals surface area (Å²) in [4.78, 5) is 7.25. The van der Waals surface area contributed by atoms with Crippen LogP contribution in [0.15, 0.2) is 12.1 Å². The zero-order valence-corrected chi connectivity index (χ0v) is 10.4. The van der Waals surface area contributed by atoms with Crippen LogP contribution in [0.4, 0.5) is 5.82 Å². The smallest absolute Gasteiger partial charge is 0.128 e. The third-order valence-electron chi connectivity index (χ3n) is 4.09. The molecular weight excluding hydrogens is 210 g/mol. The Morgan fingerprint density at radius 1 is 1.29 bits per heavy atom. The van der Waals surface area contributed by atoms with E-state index in [1.54, 1.807) is 0 Å². The van der Waals surface area contributed by atoms with E-state index < -0.39 is 0 Å². The molecule has 1 fully saturated rings. The highest BCUT2D eigenvalue weighted by Gasteiger charge is 2.21. The Hall–Kier alpha value is -1.09. The van der Waals surface area contributed by atoms with Gasteiger partial charge >= 0.3 is 0 Å². The van der Waals surface area contributed by atoms with E-state index >= 15 is 0 Å². The van der Waals surface area contributed by atoms with E-state index in [1.165, 1.54) is 42.8 Å². The molecule has 1 aliphatic heterocycles. The largest absolute Gasteiger partial charge is 0.356 e. The maximum atomic E-state index is 5.79. The van der Waals surface area contributed by atoms with Gasteiger partial charge in [0.05, 0.1) is 0 Å². The van der Waals surface area contributed by atoms with Gasteiger partial charge in [-0.25, -0.2) is 4.98 Å². The Kier molecular flexibility index (Phi) is 3.02. The molecule has 92 valence electrons. The summed E-state index contributed by atoms with van der Waals surface area (Å²) in [5, 5.41) is 0. The summed E-state index contributed by atoms with van der Waals surface area (Å²) in [6.07, 6.45) is 6.18. The van der Waals surface area contributed by atoms with Crippen molar-refractivity contribution < 1.29 is 0 Å². The van der Waals surface area contributed by atoms with Crippen molar-refractivity contribution >= 4 is 5.82 Å². The first-order valence-corrected chi connectivity index (χ1v) is 6.80. The third-order valence-corrected chi connectivity index (χ3v) is 4.09. The van der Waals surface area contributed by atoms with Crippen LogP contribution in [0.1, 0.15) is 30.5 Å². The number of rotatable bonds is 2. The minimum Gasteiger partial charge on any atom is -0.356 e. The number of fused-ring (bicyclic) bond motifs is 1. The number of piperidine rings is 1. The van der Waals surface area contributed by atoms with Crippen LogP contribution in [0.25, 0.3) is 0 Å². The lowest BCUT2D eigenvalue weighted by Gasteiger charge is -2.33. The van der Waals surface area contributed by atoms with Crippen LogP contribution in [0.2, 0.25) is 0 Å². The van der Waals surface area contributed by atoms with Crippen LogP contribution in [0.3, 0.4) is 0 Å². The van der Waals surface area contributed by atoms with E-state index in [0.29, 0.717) is 5.92 Å². The Labute approximate surface area is 103 Å². The first kappa shape index (κ1) is 11.0. The summed E-state index contributed by atoms with van der Waals surface area (Å²) in [6.45, 7) is 3.03. The average molecular weight is 231 g/mol. The predicted octanol–water partition coefficient (Wildman–Crippen LogP) is 1.75. The van der Waals surface area contributed by atoms with E-state index in [-0.39, 0.29) is 0 Å². The minimum atomic E-state index is 0.652. The van der Waals surface area contributed by atoms with Crippen LogP contribution in [0, 0.1) is 5.92 Å². The lowest BCUT2D eigenvalue weighted by Crippen LogP contribution is -2.38. The zero-order valence-electron chi connectivity index (χ0n) is 10.4. The Morgan fingerprint density at radius 3 is 3.12 bits per heavy atom. The summed E-state index contributed by atoms with van der Waals surface area (Å²) in [6, 6.07) is 4.47. The molecule has 1 aromatic heterocycles. The van der Waals surface area contributed by atoms with Crippen LogP contribution >= 0.6 is 0 Å². The molecule has 1 aliphatic carbocycles. The van der Waals surface area contributed by atoms with E-state index in [9.17, 15) is 0 Å². The van der Waals surface area contributed by atoms with Gasteiger partial charge in [-0.3, -0.25) is 0 Å². The minimum absolute atomic E-state index is 0.652. The van der Waals surface area contributed by atoms with Crippen molar-refractivity contribution in [1.82, 2.24) is 4.98 Å². The summed E-state index contributed by atoms with van der Waals surface area (Å²) in [5.74, 6) is 1.82. The fourth-order valence-electron chi connectivity index (χ4n) is 3.05. The van der Waals surface area contributed by atoms with Gasteiger partial charge in [0, 0.05) is 18.8 Å². The van der Waals surface area contributed by atoms with Crippen LogP contribution in [-0.4, -0.2) is 24.6 Å². The molecule has 1 atom stereocenters. The lowest BCUT2D eigenvalue weighted by molar-refractivity contribution is 0.421. The highest BCUT2D eigenvalue weighted by molar-refractivity contribution is 5.43. The summed E-state index contributed by atoms with van der Waals surface area (Å²) in [7, 11) is 0. The molecule has 0 amide bonds. The fourth-order valence-corrected chi connectivity index (χ4v) is 3.05. The van der Waals surface area contributed by atoms with Crippen LogP contribution < -0.4 is 10.6 Å². The standard InChI is InChI=1S/C14H21N3/c15-9-11-3-2-8-17(10-11)14-7-6-12-4-1-5-13(12)16-14/h6-7,11H,1-5,8-10,15H2. The number of pyridine rings is 1. The number of nitrogens with two attached hydrogens (primary N) is 1. The first-order valence-electron chi connectivity index (χ1n) is 6.80. The van der Waals surface area contributed by atoms with Crippen molar-refractivity contribution in [3.8, 4) is 0 Å². The molecule has 3 heteroatoms. The molecule has 0 spiro atoms. The van der Waals surface area contributed by atoms with E-state index in [1.807, 2.05) is 0 Å². The maximum absolute atomic E-state index is 5.79. The fraction of sp³-hybridized carbons (Fsp3) is 0.643. The van der Waals surface area contributed by atoms with Gasteiger partial charge < -0.3 is 10.6 Å². The topological polar surface area (TPSA) is 42.1 Å². The van der Waals surface area contributed by atoms with Crippen molar-refractivity contribution in [3.63, 3.8) is 0 Å². The quantitative estimate of drug-likeness (QED) is 0.843. The summed E-state index contributed by atoms with van der Waals surface area (Å²) in [5.41, 5.74) is 8.58. The van der Waals surface area contributed by atoms with Crippen molar-refractivity contribution in [2.24, 2.45) is 11.7 Å². The van der Waals surface area contributed by atoms with Gasteiger partial charge in [-0.15, -0.1) is 0 Å². The molecule has 17 heavy (non-hydrogen) atoms. The highest BCUT2D eigenvalue weighted by Crippen LogP contribution is 2.26. The van der Waals surface area contributed by atoms with Crippen LogP contribution in [0.5, 0.6) is 0 Å². The number of hydrogen-bond donors (Lipinski definition) is 1. The second-order valence-corrected chi connectivity index (χ2v) is 5.32. The molecule has 1 aromatic rings. The van der Waals surface area contributed by atoms with Crippen molar-refractivity contribution in [2.75, 3.05) is 24.5 Å².